The Hall–Kier alpha value is -3.08. The lowest BCUT2D eigenvalue weighted by Crippen LogP contribution is -2.37. The van der Waals surface area contributed by atoms with E-state index in [0.29, 0.717) is 5.69 Å². The average molecular weight is 334 g/mol. The van der Waals surface area contributed by atoms with Gasteiger partial charge in [0.25, 0.3) is 5.91 Å². The molecule has 126 valence electrons. The first-order valence-electron chi connectivity index (χ1n) is 8.25. The molecule has 0 saturated carbocycles. The van der Waals surface area contributed by atoms with Gasteiger partial charge in [0.05, 0.1) is 0 Å². The van der Waals surface area contributed by atoms with Gasteiger partial charge in [-0.1, -0.05) is 48.5 Å². The van der Waals surface area contributed by atoms with Crippen LogP contribution < -0.4 is 10.5 Å². The summed E-state index contributed by atoms with van der Waals surface area (Å²) in [5.41, 5.74) is 2.74. The SMILES string of the molecule is CC1Cc2ccccc2N1C(=O)c1c(-c2ccccc2)n(C)oc1=O. The first-order chi connectivity index (χ1) is 12.1. The summed E-state index contributed by atoms with van der Waals surface area (Å²) >= 11 is 0. The highest BCUT2D eigenvalue weighted by Gasteiger charge is 2.35. The first kappa shape index (κ1) is 15.4. The van der Waals surface area contributed by atoms with E-state index in [2.05, 4.69) is 0 Å². The second-order valence-corrected chi connectivity index (χ2v) is 6.32. The minimum absolute atomic E-state index is 0.00636. The van der Waals surface area contributed by atoms with Gasteiger partial charge in [0, 0.05) is 24.3 Å². The maximum absolute atomic E-state index is 13.3. The minimum Gasteiger partial charge on any atom is -0.335 e. The molecule has 3 aromatic rings. The van der Waals surface area contributed by atoms with Gasteiger partial charge in [0.1, 0.15) is 5.69 Å². The normalized spacial score (nSPS) is 16.1. The van der Waals surface area contributed by atoms with Gasteiger partial charge in [-0.25, -0.2) is 9.53 Å². The zero-order valence-corrected chi connectivity index (χ0v) is 14.1. The molecule has 5 nitrogen and oxygen atoms in total. The van der Waals surface area contributed by atoms with Crippen molar-refractivity contribution in [2.45, 2.75) is 19.4 Å². The monoisotopic (exact) mass is 334 g/mol. The second-order valence-electron chi connectivity index (χ2n) is 6.32. The summed E-state index contributed by atoms with van der Waals surface area (Å²) in [6, 6.07) is 17.2. The number of hydrogen-bond donors (Lipinski definition) is 0. The molecule has 0 radical (unpaired) electrons. The number of anilines is 1. The highest BCUT2D eigenvalue weighted by molar-refractivity contribution is 6.10. The summed E-state index contributed by atoms with van der Waals surface area (Å²) in [4.78, 5) is 27.4. The van der Waals surface area contributed by atoms with Crippen molar-refractivity contribution in [3.8, 4) is 11.3 Å². The summed E-state index contributed by atoms with van der Waals surface area (Å²) in [6.45, 7) is 1.99. The number of para-hydroxylation sites is 1. The van der Waals surface area contributed by atoms with Crippen molar-refractivity contribution in [3.05, 3.63) is 76.1 Å². The molecule has 1 unspecified atom stereocenters. The van der Waals surface area contributed by atoms with Gasteiger partial charge < -0.3 is 9.42 Å². The van der Waals surface area contributed by atoms with Crippen molar-refractivity contribution in [3.63, 3.8) is 0 Å². The number of aryl methyl sites for hydroxylation is 1. The van der Waals surface area contributed by atoms with E-state index in [9.17, 15) is 9.59 Å². The number of benzene rings is 2. The molecule has 0 fully saturated rings. The van der Waals surface area contributed by atoms with Crippen LogP contribution >= 0.6 is 0 Å². The number of rotatable bonds is 2. The Kier molecular flexibility index (Phi) is 3.57. The summed E-state index contributed by atoms with van der Waals surface area (Å²) in [5.74, 6) is -0.314. The van der Waals surface area contributed by atoms with Gasteiger partial charge in [0.15, 0.2) is 5.56 Å². The third-order valence-electron chi connectivity index (χ3n) is 4.66. The first-order valence-corrected chi connectivity index (χ1v) is 8.25. The Morgan fingerprint density at radius 2 is 1.76 bits per heavy atom. The number of amides is 1. The van der Waals surface area contributed by atoms with E-state index in [1.807, 2.05) is 61.5 Å². The quantitative estimate of drug-likeness (QED) is 0.723. The van der Waals surface area contributed by atoms with E-state index in [1.54, 1.807) is 11.9 Å². The highest BCUT2D eigenvalue weighted by atomic mass is 16.5. The Balaban J connectivity index is 1.86. The lowest BCUT2D eigenvalue weighted by molar-refractivity contribution is 0.0980. The molecule has 4 rings (SSSR count). The molecule has 2 aromatic carbocycles. The third-order valence-corrected chi connectivity index (χ3v) is 4.66. The predicted octanol–water partition coefficient (Wildman–Crippen LogP) is 3.24. The van der Waals surface area contributed by atoms with Crippen molar-refractivity contribution in [2.75, 3.05) is 4.90 Å². The maximum atomic E-state index is 13.3. The molecule has 5 heteroatoms. The molecule has 2 heterocycles. The molecule has 0 spiro atoms. The molecular weight excluding hydrogens is 316 g/mol. The fourth-order valence-corrected chi connectivity index (χ4v) is 3.58. The Morgan fingerprint density at radius 3 is 2.52 bits per heavy atom. The molecule has 0 N–H and O–H groups in total. The highest BCUT2D eigenvalue weighted by Crippen LogP contribution is 2.34. The summed E-state index contributed by atoms with van der Waals surface area (Å²) in [6.07, 6.45) is 0.779. The number of hydrogen-bond acceptors (Lipinski definition) is 3. The van der Waals surface area contributed by atoms with Crippen LogP contribution in [0.4, 0.5) is 5.69 Å². The lowest BCUT2D eigenvalue weighted by Gasteiger charge is -2.22. The van der Waals surface area contributed by atoms with Crippen molar-refractivity contribution < 1.29 is 9.32 Å². The van der Waals surface area contributed by atoms with E-state index in [4.69, 9.17) is 4.52 Å². The van der Waals surface area contributed by atoms with Crippen LogP contribution in [0.3, 0.4) is 0 Å². The van der Waals surface area contributed by atoms with Crippen LogP contribution in [-0.4, -0.2) is 16.7 Å². The molecule has 1 amide bonds. The second kappa shape index (κ2) is 5.77. The van der Waals surface area contributed by atoms with Crippen LogP contribution in [0, 0.1) is 0 Å². The summed E-state index contributed by atoms with van der Waals surface area (Å²) in [5, 5.41) is 0. The van der Waals surface area contributed by atoms with Gasteiger partial charge in [-0.05, 0) is 25.0 Å². The smallest absolute Gasteiger partial charge is 0.335 e. The Bertz CT molecular complexity index is 1000. The molecule has 1 aliphatic heterocycles. The number of carbonyl (C=O) groups excluding carboxylic acids is 1. The van der Waals surface area contributed by atoms with Crippen molar-refractivity contribution in [1.29, 1.82) is 0 Å². The Morgan fingerprint density at radius 1 is 1.08 bits per heavy atom. The van der Waals surface area contributed by atoms with Gasteiger partial charge in [-0.15, -0.1) is 0 Å². The standard InChI is InChI=1S/C20H18N2O3/c1-13-12-15-10-6-7-11-16(15)22(13)19(23)17-18(21(2)25-20(17)24)14-8-4-3-5-9-14/h3-11,13H,12H2,1-2H3. The van der Waals surface area contributed by atoms with Crippen LogP contribution in [0.15, 0.2) is 63.9 Å². The summed E-state index contributed by atoms with van der Waals surface area (Å²) < 4.78 is 6.59. The van der Waals surface area contributed by atoms with Crippen LogP contribution in [0.1, 0.15) is 22.8 Å². The van der Waals surface area contributed by atoms with Gasteiger partial charge in [-0.3, -0.25) is 4.79 Å². The zero-order chi connectivity index (χ0) is 17.6. The van der Waals surface area contributed by atoms with E-state index >= 15 is 0 Å². The van der Waals surface area contributed by atoms with E-state index in [0.717, 1.165) is 23.2 Å². The van der Waals surface area contributed by atoms with Crippen LogP contribution in [0.2, 0.25) is 0 Å². The van der Waals surface area contributed by atoms with E-state index in [1.165, 1.54) is 4.74 Å². The predicted molar refractivity (Wildman–Crippen MR) is 95.8 cm³/mol. The number of carbonyl (C=O) groups is 1. The largest absolute Gasteiger partial charge is 0.370 e. The molecule has 1 aromatic heterocycles. The van der Waals surface area contributed by atoms with Gasteiger partial charge >= 0.3 is 5.63 Å². The van der Waals surface area contributed by atoms with Crippen LogP contribution in [0.25, 0.3) is 11.3 Å². The fourth-order valence-electron chi connectivity index (χ4n) is 3.58. The maximum Gasteiger partial charge on any atom is 0.370 e. The molecule has 0 aliphatic carbocycles. The van der Waals surface area contributed by atoms with Crippen LogP contribution in [-0.2, 0) is 13.5 Å². The molecule has 0 saturated heterocycles. The molecule has 25 heavy (non-hydrogen) atoms. The van der Waals surface area contributed by atoms with Gasteiger partial charge in [-0.2, -0.15) is 0 Å². The molecular formula is C20H18N2O3. The average Bonchev–Trinajstić information content (AvgIpc) is 3.10. The Labute approximate surface area is 145 Å². The van der Waals surface area contributed by atoms with Crippen molar-refractivity contribution in [1.82, 2.24) is 4.74 Å². The van der Waals surface area contributed by atoms with Crippen molar-refractivity contribution in [2.24, 2.45) is 7.05 Å². The number of aromatic nitrogens is 1. The molecule has 1 atom stereocenters. The van der Waals surface area contributed by atoms with Gasteiger partial charge in [0.2, 0.25) is 0 Å². The third kappa shape index (κ3) is 2.39. The van der Waals surface area contributed by atoms with Crippen LogP contribution in [0.5, 0.6) is 0 Å². The molecule has 0 bridgehead atoms. The number of nitrogens with zero attached hydrogens (tertiary/aromatic N) is 2. The summed E-state index contributed by atoms with van der Waals surface area (Å²) in [7, 11) is 1.64. The van der Waals surface area contributed by atoms with E-state index < -0.39 is 5.63 Å². The topological polar surface area (TPSA) is 55.5 Å². The lowest BCUT2D eigenvalue weighted by atomic mass is 10.1. The van der Waals surface area contributed by atoms with E-state index in [-0.39, 0.29) is 17.5 Å². The zero-order valence-electron chi connectivity index (χ0n) is 14.1. The number of fused-ring (bicyclic) bond motifs is 1. The minimum atomic E-state index is -0.608. The fraction of sp³-hybridized carbons (Fsp3) is 0.200. The van der Waals surface area contributed by atoms with Crippen molar-refractivity contribution >= 4 is 11.6 Å². The molecule has 1 aliphatic rings.